The molecular weight excluding hydrogens is 506 g/mol. The van der Waals surface area contributed by atoms with E-state index < -0.39 is 11.9 Å². The van der Waals surface area contributed by atoms with Crippen molar-refractivity contribution in [1.29, 1.82) is 0 Å². The molecule has 0 unspecified atom stereocenters. The van der Waals surface area contributed by atoms with Crippen molar-refractivity contribution >= 4 is 11.8 Å². The van der Waals surface area contributed by atoms with Crippen LogP contribution < -0.4 is 19.5 Å². The van der Waals surface area contributed by atoms with Crippen LogP contribution in [0.4, 0.5) is 0 Å². The predicted molar refractivity (Wildman–Crippen MR) is 151 cm³/mol. The molecule has 1 aliphatic heterocycles. The SMILES string of the molecule is COc1cc([C@H]2C(C(=O)OCCOc3ccccc3)=C(C)NC3=C2C(=O)CCC3)ccc1OCc1ccccc1. The Hall–Kier alpha value is -4.52. The Bertz CT molecular complexity index is 1430. The van der Waals surface area contributed by atoms with Crippen LogP contribution in [0, 0.1) is 0 Å². The van der Waals surface area contributed by atoms with E-state index in [1.165, 1.54) is 0 Å². The molecule has 0 spiro atoms. The first-order valence-corrected chi connectivity index (χ1v) is 13.5. The molecule has 1 heterocycles. The largest absolute Gasteiger partial charge is 0.493 e. The number of nitrogens with one attached hydrogen (secondary N) is 1. The zero-order valence-electron chi connectivity index (χ0n) is 22.8. The molecule has 0 fully saturated rings. The van der Waals surface area contributed by atoms with Gasteiger partial charge in [-0.2, -0.15) is 0 Å². The highest BCUT2D eigenvalue weighted by atomic mass is 16.6. The molecule has 2 aliphatic rings. The van der Waals surface area contributed by atoms with E-state index >= 15 is 0 Å². The lowest BCUT2D eigenvalue weighted by Crippen LogP contribution is -2.34. The number of dihydropyridines is 1. The zero-order valence-corrected chi connectivity index (χ0v) is 22.8. The number of carbonyl (C=O) groups excluding carboxylic acids is 2. The van der Waals surface area contributed by atoms with E-state index in [1.807, 2.05) is 85.8 Å². The fraction of sp³-hybridized carbons (Fsp3) is 0.273. The van der Waals surface area contributed by atoms with Crippen LogP contribution in [0.15, 0.2) is 101 Å². The zero-order chi connectivity index (χ0) is 27.9. The van der Waals surface area contributed by atoms with Crippen molar-refractivity contribution in [3.8, 4) is 17.2 Å². The number of Topliss-reactive ketones (excluding diaryl/α,β-unsaturated/α-hetero) is 1. The summed E-state index contributed by atoms with van der Waals surface area (Å²) in [6, 6.07) is 24.8. The number of para-hydroxylation sites is 1. The highest BCUT2D eigenvalue weighted by molar-refractivity contribution is 6.03. The number of benzene rings is 3. The van der Waals surface area contributed by atoms with Gasteiger partial charge in [-0.3, -0.25) is 4.79 Å². The summed E-state index contributed by atoms with van der Waals surface area (Å²) in [5, 5.41) is 3.32. The molecule has 7 heteroatoms. The number of carbonyl (C=O) groups is 2. The minimum atomic E-state index is -0.580. The topological polar surface area (TPSA) is 83.1 Å². The molecule has 40 heavy (non-hydrogen) atoms. The van der Waals surface area contributed by atoms with E-state index in [0.29, 0.717) is 47.1 Å². The third-order valence-electron chi connectivity index (χ3n) is 7.08. The van der Waals surface area contributed by atoms with Crippen molar-refractivity contribution in [2.45, 2.75) is 38.7 Å². The molecule has 0 saturated carbocycles. The second-order valence-corrected chi connectivity index (χ2v) is 9.75. The molecule has 0 aromatic heterocycles. The van der Waals surface area contributed by atoms with E-state index in [1.54, 1.807) is 7.11 Å². The average Bonchev–Trinajstić information content (AvgIpc) is 2.98. The van der Waals surface area contributed by atoms with Gasteiger partial charge in [0.2, 0.25) is 0 Å². The first kappa shape index (κ1) is 27.1. The Morgan fingerprint density at radius 1 is 0.900 bits per heavy atom. The molecule has 206 valence electrons. The first-order valence-electron chi connectivity index (χ1n) is 13.5. The monoisotopic (exact) mass is 539 g/mol. The maximum absolute atomic E-state index is 13.5. The first-order chi connectivity index (χ1) is 19.5. The average molecular weight is 540 g/mol. The second-order valence-electron chi connectivity index (χ2n) is 9.75. The van der Waals surface area contributed by atoms with Crippen LogP contribution in [-0.2, 0) is 20.9 Å². The van der Waals surface area contributed by atoms with E-state index in [9.17, 15) is 9.59 Å². The highest BCUT2D eigenvalue weighted by Crippen LogP contribution is 2.44. The fourth-order valence-electron chi connectivity index (χ4n) is 5.19. The summed E-state index contributed by atoms with van der Waals surface area (Å²) in [5.74, 6) is 0.779. The molecule has 3 aromatic rings. The van der Waals surface area contributed by atoms with Crippen LogP contribution >= 0.6 is 0 Å². The van der Waals surface area contributed by atoms with E-state index in [4.69, 9.17) is 18.9 Å². The van der Waals surface area contributed by atoms with Crippen molar-refractivity contribution in [1.82, 2.24) is 5.32 Å². The number of ketones is 1. The molecule has 1 N–H and O–H groups in total. The minimum absolute atomic E-state index is 0.0346. The Balaban J connectivity index is 1.40. The van der Waals surface area contributed by atoms with Crippen molar-refractivity contribution in [3.63, 3.8) is 0 Å². The number of ether oxygens (including phenoxy) is 4. The Kier molecular flexibility index (Phi) is 8.50. The van der Waals surface area contributed by atoms with E-state index in [-0.39, 0.29) is 19.0 Å². The third-order valence-corrected chi connectivity index (χ3v) is 7.08. The summed E-state index contributed by atoms with van der Waals surface area (Å²) < 4.78 is 23.1. The molecule has 0 radical (unpaired) electrons. The van der Waals surface area contributed by atoms with Crippen LogP contribution in [0.25, 0.3) is 0 Å². The van der Waals surface area contributed by atoms with Crippen LogP contribution in [-0.4, -0.2) is 32.1 Å². The standard InChI is InChI=1S/C33H33NO6/c1-22-30(33(36)39-19-18-38-25-12-7-4-8-13-25)31(32-26(34-22)14-9-15-27(32)35)24-16-17-28(29(20-24)37-2)40-21-23-10-5-3-6-11-23/h3-8,10-13,16-17,20,31,34H,9,14-15,18-19,21H2,1-2H3/t31-/m0/s1. The number of rotatable bonds is 10. The number of hydrogen-bond donors (Lipinski definition) is 1. The third kappa shape index (κ3) is 6.04. The van der Waals surface area contributed by atoms with E-state index in [0.717, 1.165) is 29.7 Å². The van der Waals surface area contributed by atoms with Gasteiger partial charge < -0.3 is 24.3 Å². The number of methoxy groups -OCH3 is 1. The molecular formula is C33H33NO6. The van der Waals surface area contributed by atoms with Gasteiger partial charge in [-0.05, 0) is 55.2 Å². The number of esters is 1. The van der Waals surface area contributed by atoms with Crippen molar-refractivity contribution < 1.29 is 28.5 Å². The lowest BCUT2D eigenvalue weighted by atomic mass is 9.75. The molecule has 0 amide bonds. The minimum Gasteiger partial charge on any atom is -0.493 e. The summed E-state index contributed by atoms with van der Waals surface area (Å²) in [4.78, 5) is 26.7. The van der Waals surface area contributed by atoms with Gasteiger partial charge in [-0.25, -0.2) is 4.79 Å². The summed E-state index contributed by atoms with van der Waals surface area (Å²) in [5.41, 5.74) is 4.37. The molecule has 3 aromatic carbocycles. The van der Waals surface area contributed by atoms with Crippen LogP contribution in [0.1, 0.15) is 43.2 Å². The second kappa shape index (κ2) is 12.6. The smallest absolute Gasteiger partial charge is 0.336 e. The van der Waals surface area contributed by atoms with Crippen LogP contribution in [0.5, 0.6) is 17.2 Å². The van der Waals surface area contributed by atoms with Gasteiger partial charge in [0.1, 0.15) is 25.6 Å². The number of hydrogen-bond acceptors (Lipinski definition) is 7. The molecule has 0 bridgehead atoms. The van der Waals surface area contributed by atoms with Gasteiger partial charge in [0.15, 0.2) is 17.3 Å². The normalized spacial score (nSPS) is 16.6. The summed E-state index contributed by atoms with van der Waals surface area (Å²) in [7, 11) is 1.58. The lowest BCUT2D eigenvalue weighted by Gasteiger charge is -2.34. The predicted octanol–water partition coefficient (Wildman–Crippen LogP) is 5.86. The maximum atomic E-state index is 13.5. The van der Waals surface area contributed by atoms with Gasteiger partial charge in [-0.1, -0.05) is 54.6 Å². The summed E-state index contributed by atoms with van der Waals surface area (Å²) in [6.07, 6.45) is 1.97. The summed E-state index contributed by atoms with van der Waals surface area (Å²) in [6.45, 7) is 2.53. The van der Waals surface area contributed by atoms with Gasteiger partial charge >= 0.3 is 5.97 Å². The number of allylic oxidation sites excluding steroid dienone is 3. The van der Waals surface area contributed by atoms with Crippen molar-refractivity contribution in [3.05, 3.63) is 113 Å². The van der Waals surface area contributed by atoms with E-state index in [2.05, 4.69) is 5.32 Å². The van der Waals surface area contributed by atoms with Crippen molar-refractivity contribution in [2.75, 3.05) is 20.3 Å². The molecule has 5 rings (SSSR count). The van der Waals surface area contributed by atoms with Crippen LogP contribution in [0.2, 0.25) is 0 Å². The fourth-order valence-corrected chi connectivity index (χ4v) is 5.19. The van der Waals surface area contributed by atoms with Gasteiger partial charge in [-0.15, -0.1) is 0 Å². The van der Waals surface area contributed by atoms with Gasteiger partial charge in [0.05, 0.1) is 12.7 Å². The quantitative estimate of drug-likeness (QED) is 0.255. The Morgan fingerprint density at radius 2 is 1.65 bits per heavy atom. The highest BCUT2D eigenvalue weighted by Gasteiger charge is 2.39. The molecule has 0 saturated heterocycles. The van der Waals surface area contributed by atoms with Gasteiger partial charge in [0, 0.05) is 29.3 Å². The van der Waals surface area contributed by atoms with Crippen molar-refractivity contribution in [2.24, 2.45) is 0 Å². The molecule has 7 nitrogen and oxygen atoms in total. The lowest BCUT2D eigenvalue weighted by molar-refractivity contribution is -0.140. The molecule has 1 atom stereocenters. The molecule has 1 aliphatic carbocycles. The maximum Gasteiger partial charge on any atom is 0.336 e. The summed E-state index contributed by atoms with van der Waals surface area (Å²) >= 11 is 0. The Morgan fingerprint density at radius 3 is 2.40 bits per heavy atom. The Labute approximate surface area is 234 Å². The van der Waals surface area contributed by atoms with Gasteiger partial charge in [0.25, 0.3) is 0 Å². The van der Waals surface area contributed by atoms with Crippen LogP contribution in [0.3, 0.4) is 0 Å².